The van der Waals surface area contributed by atoms with Gasteiger partial charge in [-0.3, -0.25) is 4.79 Å². The summed E-state index contributed by atoms with van der Waals surface area (Å²) in [4.78, 5) is 22.7. The first-order chi connectivity index (χ1) is 15.6. The van der Waals surface area contributed by atoms with Gasteiger partial charge < -0.3 is 15.4 Å². The summed E-state index contributed by atoms with van der Waals surface area (Å²) in [6.45, 7) is 22.5. The largest absolute Gasteiger partial charge is 0.466 e. The maximum atomic E-state index is 11.4. The third-order valence-corrected chi connectivity index (χ3v) is 4.99. The standard InChI is InChI=1S/C14H21N.C12H19NO3.C2H6.2H2/c1-5-7-13(4)15-10-14-11(2)8-6-9-12(14)3;1-6-8(3)11(13-10(14)7-2)9(4)12(15)16-5;1-2;;/h6,8-9,15H,4-5,7,10H2,1-3H3;6H,7H2,1-5H3,(H,13,14);1-2H3;2*1H/b;8-6-,11-9-;;;. The van der Waals surface area contributed by atoms with Crippen LogP contribution in [0.2, 0.25) is 0 Å². The van der Waals surface area contributed by atoms with E-state index in [-0.39, 0.29) is 8.76 Å². The highest BCUT2D eigenvalue weighted by Crippen LogP contribution is 2.14. The van der Waals surface area contributed by atoms with E-state index in [1.165, 1.54) is 23.8 Å². The number of methoxy groups -OCH3 is 1. The van der Waals surface area contributed by atoms with Gasteiger partial charge in [-0.25, -0.2) is 4.79 Å². The normalized spacial score (nSPS) is 11.0. The molecule has 0 unspecified atom stereocenters. The molecule has 190 valence electrons. The molecule has 1 amide bonds. The molecule has 5 heteroatoms. The third-order valence-electron chi connectivity index (χ3n) is 4.99. The Morgan fingerprint density at radius 1 is 1.12 bits per heavy atom. The van der Waals surface area contributed by atoms with Gasteiger partial charge >= 0.3 is 5.97 Å². The fourth-order valence-corrected chi connectivity index (χ4v) is 2.85. The number of allylic oxidation sites excluding steroid dienone is 3. The lowest BCUT2D eigenvalue weighted by atomic mass is 10.0. The Hall–Kier alpha value is -2.82. The number of carbonyl (C=O) groups excluding carboxylic acids is 2. The summed E-state index contributed by atoms with van der Waals surface area (Å²) in [6, 6.07) is 6.42. The van der Waals surface area contributed by atoms with Gasteiger partial charge in [-0.1, -0.05) is 65.0 Å². The van der Waals surface area contributed by atoms with Crippen LogP contribution in [0.1, 0.15) is 87.3 Å². The maximum absolute atomic E-state index is 11.4. The smallest absolute Gasteiger partial charge is 0.335 e. The molecule has 2 N–H and O–H groups in total. The summed E-state index contributed by atoms with van der Waals surface area (Å²) < 4.78 is 4.63. The molecule has 5 nitrogen and oxygen atoms in total. The fraction of sp³-hybridized carbons (Fsp3) is 0.500. The van der Waals surface area contributed by atoms with Gasteiger partial charge in [-0.15, -0.1) is 0 Å². The number of amides is 1. The Labute approximate surface area is 205 Å². The molecular formula is C28H50N2O3. The first-order valence-corrected chi connectivity index (χ1v) is 11.8. The number of benzene rings is 1. The van der Waals surface area contributed by atoms with E-state index in [4.69, 9.17) is 0 Å². The highest BCUT2D eigenvalue weighted by atomic mass is 16.5. The monoisotopic (exact) mass is 462 g/mol. The average molecular weight is 463 g/mol. The van der Waals surface area contributed by atoms with Gasteiger partial charge in [0.25, 0.3) is 0 Å². The zero-order valence-electron chi connectivity index (χ0n) is 22.6. The molecule has 0 spiro atoms. The first-order valence-electron chi connectivity index (χ1n) is 11.8. The molecule has 0 aliphatic heterocycles. The highest BCUT2D eigenvalue weighted by molar-refractivity contribution is 5.91. The van der Waals surface area contributed by atoms with Gasteiger partial charge in [0.1, 0.15) is 0 Å². The lowest BCUT2D eigenvalue weighted by Crippen LogP contribution is -2.25. The predicted octanol–water partition coefficient (Wildman–Crippen LogP) is 7.15. The summed E-state index contributed by atoms with van der Waals surface area (Å²) in [7, 11) is 1.32. The molecule has 0 aliphatic carbocycles. The Morgan fingerprint density at radius 3 is 2.09 bits per heavy atom. The van der Waals surface area contributed by atoms with E-state index < -0.39 is 5.97 Å². The molecular weight excluding hydrogens is 412 g/mol. The van der Waals surface area contributed by atoms with Crippen molar-refractivity contribution in [3.63, 3.8) is 0 Å². The minimum Gasteiger partial charge on any atom is -0.466 e. The van der Waals surface area contributed by atoms with E-state index in [1.807, 2.05) is 33.8 Å². The number of esters is 1. The predicted molar refractivity (Wildman–Crippen MR) is 145 cm³/mol. The molecule has 33 heavy (non-hydrogen) atoms. The van der Waals surface area contributed by atoms with Crippen LogP contribution in [0.25, 0.3) is 0 Å². The van der Waals surface area contributed by atoms with E-state index in [0.29, 0.717) is 17.7 Å². The van der Waals surface area contributed by atoms with Crippen LogP contribution in [0.4, 0.5) is 0 Å². The number of aryl methyl sites for hydroxylation is 2. The molecule has 1 rings (SSSR count). The second kappa shape index (κ2) is 18.7. The maximum Gasteiger partial charge on any atom is 0.335 e. The molecule has 1 aromatic carbocycles. The number of nitrogens with one attached hydrogen (secondary N) is 2. The van der Waals surface area contributed by atoms with Crippen molar-refractivity contribution in [2.75, 3.05) is 7.11 Å². The van der Waals surface area contributed by atoms with Crippen molar-refractivity contribution in [2.45, 2.75) is 88.1 Å². The summed E-state index contributed by atoms with van der Waals surface area (Å²) in [5.41, 5.74) is 7.01. The van der Waals surface area contributed by atoms with Crippen LogP contribution < -0.4 is 10.6 Å². The summed E-state index contributed by atoms with van der Waals surface area (Å²) in [5.74, 6) is -0.563. The number of carbonyl (C=O) groups is 2. The summed E-state index contributed by atoms with van der Waals surface area (Å²) in [5, 5.41) is 6.09. The van der Waals surface area contributed by atoms with Crippen LogP contribution in [0, 0.1) is 13.8 Å². The van der Waals surface area contributed by atoms with Crippen molar-refractivity contribution in [1.82, 2.24) is 10.6 Å². The van der Waals surface area contributed by atoms with Crippen LogP contribution in [0.5, 0.6) is 0 Å². The Balaban J connectivity index is -0.000000243. The third kappa shape index (κ3) is 12.7. The van der Waals surface area contributed by atoms with Crippen molar-refractivity contribution < 1.29 is 17.2 Å². The van der Waals surface area contributed by atoms with E-state index in [9.17, 15) is 9.59 Å². The van der Waals surface area contributed by atoms with Crippen molar-refractivity contribution >= 4 is 11.9 Å². The van der Waals surface area contributed by atoms with Gasteiger partial charge in [0.05, 0.1) is 18.4 Å². The van der Waals surface area contributed by atoms with E-state index in [1.54, 1.807) is 13.8 Å². The number of hydrogen-bond donors (Lipinski definition) is 2. The first kappa shape index (κ1) is 32.4. The molecule has 0 radical (unpaired) electrons. The Bertz CT molecular complexity index is 811. The quantitative estimate of drug-likeness (QED) is 0.232. The molecule has 1 aromatic rings. The van der Waals surface area contributed by atoms with Gasteiger partial charge in [0.15, 0.2) is 0 Å². The van der Waals surface area contributed by atoms with E-state index in [0.717, 1.165) is 30.7 Å². The Morgan fingerprint density at radius 2 is 1.67 bits per heavy atom. The van der Waals surface area contributed by atoms with E-state index in [2.05, 4.69) is 60.9 Å². The van der Waals surface area contributed by atoms with Gasteiger partial charge in [-0.2, -0.15) is 0 Å². The number of ether oxygens (including phenoxy) is 1. The molecule has 0 bridgehead atoms. The second-order valence-corrected chi connectivity index (χ2v) is 7.44. The minimum atomic E-state index is -0.437. The van der Waals surface area contributed by atoms with Gasteiger partial charge in [-0.05, 0) is 63.3 Å². The fourth-order valence-electron chi connectivity index (χ4n) is 2.85. The second-order valence-electron chi connectivity index (χ2n) is 7.44. The average Bonchev–Trinajstić information content (AvgIpc) is 2.82. The molecule has 0 fully saturated rings. The number of rotatable bonds is 9. The minimum absolute atomic E-state index is 0. The SMILES string of the molecule is C/C=C(C)\C(NC(=O)CC)=C(/C)C(=O)OC.C=C(CCC)NCc1c(C)cccc1C.CC.[HH].[HH]. The van der Waals surface area contributed by atoms with Crippen LogP contribution >= 0.6 is 0 Å². The molecule has 0 aliphatic rings. The topological polar surface area (TPSA) is 67.4 Å². The lowest BCUT2D eigenvalue weighted by molar-refractivity contribution is -0.136. The number of hydrogen-bond acceptors (Lipinski definition) is 4. The summed E-state index contributed by atoms with van der Waals surface area (Å²) >= 11 is 0. The zero-order chi connectivity index (χ0) is 26.0. The van der Waals surface area contributed by atoms with Crippen LogP contribution in [0.3, 0.4) is 0 Å². The summed E-state index contributed by atoms with van der Waals surface area (Å²) in [6.07, 6.45) is 4.41. The van der Waals surface area contributed by atoms with Gasteiger partial charge in [0, 0.05) is 21.5 Å². The van der Waals surface area contributed by atoms with Crippen LogP contribution in [-0.2, 0) is 20.9 Å². The van der Waals surface area contributed by atoms with Gasteiger partial charge in [0.2, 0.25) is 5.91 Å². The van der Waals surface area contributed by atoms with Crippen molar-refractivity contribution in [1.29, 1.82) is 0 Å². The van der Waals surface area contributed by atoms with Crippen LogP contribution in [0.15, 0.2) is 53.4 Å². The van der Waals surface area contributed by atoms with Crippen molar-refractivity contribution in [3.8, 4) is 0 Å². The zero-order valence-corrected chi connectivity index (χ0v) is 22.6. The molecule has 0 atom stereocenters. The van der Waals surface area contributed by atoms with Crippen LogP contribution in [-0.4, -0.2) is 19.0 Å². The van der Waals surface area contributed by atoms with E-state index >= 15 is 0 Å². The molecule has 0 saturated carbocycles. The molecule has 0 aromatic heterocycles. The molecule has 0 saturated heterocycles. The molecule has 0 heterocycles. The lowest BCUT2D eigenvalue weighted by Gasteiger charge is -2.13. The Kier molecular flexibility index (Phi) is 18.4. The van der Waals surface area contributed by atoms with Crippen molar-refractivity contribution in [3.05, 3.63) is 70.1 Å². The highest BCUT2D eigenvalue weighted by Gasteiger charge is 2.14. The van der Waals surface area contributed by atoms with Crippen molar-refractivity contribution in [2.24, 2.45) is 0 Å².